The lowest BCUT2D eigenvalue weighted by atomic mass is 10.2. The fourth-order valence-electron chi connectivity index (χ4n) is 2.24. The largest absolute Gasteiger partial charge is 0.480 e. The van der Waals surface area contributed by atoms with E-state index in [1.165, 1.54) is 4.90 Å². The van der Waals surface area contributed by atoms with Gasteiger partial charge in [0.15, 0.2) is 0 Å². The average Bonchev–Trinajstić information content (AvgIpc) is 2.67. The predicted octanol–water partition coefficient (Wildman–Crippen LogP) is 0.747. The van der Waals surface area contributed by atoms with E-state index < -0.39 is 18.1 Å². The Bertz CT molecular complexity index is 319. The van der Waals surface area contributed by atoms with Crippen LogP contribution in [-0.4, -0.2) is 63.3 Å². The van der Waals surface area contributed by atoms with Crippen molar-refractivity contribution in [1.29, 1.82) is 0 Å². The van der Waals surface area contributed by atoms with Gasteiger partial charge < -0.3 is 20.0 Å². The van der Waals surface area contributed by atoms with Crippen LogP contribution in [0.4, 0.5) is 4.79 Å². The molecule has 1 fully saturated rings. The molecule has 1 heterocycles. The number of carboxylic acid groups (broad SMARTS) is 1. The summed E-state index contributed by atoms with van der Waals surface area (Å²) in [7, 11) is 0. The number of hydrogen-bond acceptors (Lipinski definition) is 3. The molecular weight excluding hydrogens is 236 g/mol. The zero-order chi connectivity index (χ0) is 13.9. The van der Waals surface area contributed by atoms with Crippen molar-refractivity contribution in [2.24, 2.45) is 0 Å². The van der Waals surface area contributed by atoms with Crippen LogP contribution in [0.1, 0.15) is 33.6 Å². The van der Waals surface area contributed by atoms with Gasteiger partial charge in [0.05, 0.1) is 6.10 Å². The minimum atomic E-state index is -1.06. The Labute approximate surface area is 107 Å². The minimum absolute atomic E-state index is 0.0182. The molecule has 1 aliphatic heterocycles. The molecule has 0 aromatic rings. The Morgan fingerprint density at radius 1 is 1.44 bits per heavy atom. The topological polar surface area (TPSA) is 81.1 Å². The summed E-state index contributed by atoms with van der Waals surface area (Å²) in [4.78, 5) is 26.3. The lowest BCUT2D eigenvalue weighted by Crippen LogP contribution is -2.50. The molecular formula is C12H22N2O4. The van der Waals surface area contributed by atoms with Gasteiger partial charge in [-0.05, 0) is 20.3 Å². The number of rotatable bonds is 4. The molecule has 0 bridgehead atoms. The van der Waals surface area contributed by atoms with Crippen molar-refractivity contribution in [1.82, 2.24) is 9.80 Å². The molecule has 0 aromatic carbocycles. The molecule has 6 heteroatoms. The van der Waals surface area contributed by atoms with Crippen molar-refractivity contribution in [3.8, 4) is 0 Å². The monoisotopic (exact) mass is 258 g/mol. The van der Waals surface area contributed by atoms with Crippen LogP contribution in [0.15, 0.2) is 0 Å². The standard InChI is InChI=1S/C12H22N2O4/c1-4-5-13(8(2)3)12(18)14-7-9(15)6-10(14)11(16)17/h8-10,15H,4-7H2,1-3H3,(H,16,17)/t9-,10-/m0/s1. The number of aliphatic hydroxyl groups is 1. The van der Waals surface area contributed by atoms with Crippen molar-refractivity contribution in [3.05, 3.63) is 0 Å². The van der Waals surface area contributed by atoms with Crippen molar-refractivity contribution in [2.45, 2.75) is 51.8 Å². The molecule has 0 saturated carbocycles. The smallest absolute Gasteiger partial charge is 0.326 e. The third-order valence-electron chi connectivity index (χ3n) is 3.14. The van der Waals surface area contributed by atoms with E-state index in [9.17, 15) is 14.7 Å². The summed E-state index contributed by atoms with van der Waals surface area (Å²) in [6.45, 7) is 6.46. The molecule has 104 valence electrons. The number of nitrogens with zero attached hydrogens (tertiary/aromatic N) is 2. The SMILES string of the molecule is CCCN(C(=O)N1C[C@@H](O)C[C@H]1C(=O)O)C(C)C. The normalized spacial score (nSPS) is 23.5. The number of amides is 2. The first kappa shape index (κ1) is 14.8. The number of aliphatic carboxylic acids is 1. The third-order valence-corrected chi connectivity index (χ3v) is 3.14. The van der Waals surface area contributed by atoms with Gasteiger partial charge in [-0.15, -0.1) is 0 Å². The predicted molar refractivity (Wildman–Crippen MR) is 66.3 cm³/mol. The van der Waals surface area contributed by atoms with Gasteiger partial charge in [-0.25, -0.2) is 9.59 Å². The van der Waals surface area contributed by atoms with Crippen molar-refractivity contribution in [3.63, 3.8) is 0 Å². The summed E-state index contributed by atoms with van der Waals surface area (Å²) in [6.07, 6.45) is 0.183. The highest BCUT2D eigenvalue weighted by Gasteiger charge is 2.40. The van der Waals surface area contributed by atoms with Gasteiger partial charge in [-0.3, -0.25) is 0 Å². The van der Waals surface area contributed by atoms with E-state index in [1.54, 1.807) is 4.90 Å². The fourth-order valence-corrected chi connectivity index (χ4v) is 2.24. The summed E-state index contributed by atoms with van der Waals surface area (Å²) in [5, 5.41) is 18.6. The molecule has 18 heavy (non-hydrogen) atoms. The maximum Gasteiger partial charge on any atom is 0.326 e. The molecule has 1 saturated heterocycles. The van der Waals surface area contributed by atoms with Crippen LogP contribution in [0.2, 0.25) is 0 Å². The number of aliphatic hydroxyl groups excluding tert-OH is 1. The van der Waals surface area contributed by atoms with Crippen LogP contribution in [0, 0.1) is 0 Å². The molecule has 1 aliphatic rings. The van der Waals surface area contributed by atoms with Gasteiger partial charge in [-0.1, -0.05) is 6.92 Å². The van der Waals surface area contributed by atoms with Gasteiger partial charge in [0.1, 0.15) is 6.04 Å². The van der Waals surface area contributed by atoms with Crippen LogP contribution in [0.5, 0.6) is 0 Å². The van der Waals surface area contributed by atoms with E-state index in [-0.39, 0.29) is 25.0 Å². The molecule has 0 radical (unpaired) electrons. The van der Waals surface area contributed by atoms with Gasteiger partial charge in [0.2, 0.25) is 0 Å². The first-order valence-corrected chi connectivity index (χ1v) is 6.36. The van der Waals surface area contributed by atoms with Gasteiger partial charge in [0.25, 0.3) is 0 Å². The highest BCUT2D eigenvalue weighted by Crippen LogP contribution is 2.21. The van der Waals surface area contributed by atoms with Gasteiger partial charge in [-0.2, -0.15) is 0 Å². The van der Waals surface area contributed by atoms with E-state index >= 15 is 0 Å². The second kappa shape index (κ2) is 6.04. The number of hydrogen-bond donors (Lipinski definition) is 2. The zero-order valence-corrected chi connectivity index (χ0v) is 11.2. The number of urea groups is 1. The molecule has 0 spiro atoms. The molecule has 1 rings (SSSR count). The number of carbonyl (C=O) groups is 2. The summed E-state index contributed by atoms with van der Waals surface area (Å²) < 4.78 is 0. The fraction of sp³-hybridized carbons (Fsp3) is 0.833. The molecule has 2 N–H and O–H groups in total. The Hall–Kier alpha value is -1.30. The van der Waals surface area contributed by atoms with Crippen LogP contribution in [0.3, 0.4) is 0 Å². The Balaban J connectivity index is 2.83. The number of carbonyl (C=O) groups excluding carboxylic acids is 1. The Morgan fingerprint density at radius 2 is 2.06 bits per heavy atom. The second-order valence-corrected chi connectivity index (χ2v) is 4.97. The van der Waals surface area contributed by atoms with Gasteiger partial charge >= 0.3 is 12.0 Å². The van der Waals surface area contributed by atoms with E-state index in [1.807, 2.05) is 20.8 Å². The average molecular weight is 258 g/mol. The lowest BCUT2D eigenvalue weighted by molar-refractivity contribution is -0.141. The molecule has 0 aromatic heterocycles. The Morgan fingerprint density at radius 3 is 2.50 bits per heavy atom. The lowest BCUT2D eigenvalue weighted by Gasteiger charge is -2.32. The number of likely N-dealkylation sites (tertiary alicyclic amines) is 1. The first-order chi connectivity index (χ1) is 8.38. The minimum Gasteiger partial charge on any atom is -0.480 e. The summed E-state index contributed by atoms with van der Waals surface area (Å²) in [5.41, 5.74) is 0. The zero-order valence-electron chi connectivity index (χ0n) is 11.2. The van der Waals surface area contributed by atoms with Crippen molar-refractivity contribution < 1.29 is 19.8 Å². The highest BCUT2D eigenvalue weighted by atomic mass is 16.4. The van der Waals surface area contributed by atoms with Crippen LogP contribution >= 0.6 is 0 Å². The van der Waals surface area contributed by atoms with Gasteiger partial charge in [0, 0.05) is 25.6 Å². The van der Waals surface area contributed by atoms with Crippen LogP contribution in [-0.2, 0) is 4.79 Å². The number of carboxylic acids is 1. The van der Waals surface area contributed by atoms with Crippen LogP contribution < -0.4 is 0 Å². The van der Waals surface area contributed by atoms with E-state index in [0.717, 1.165) is 6.42 Å². The third kappa shape index (κ3) is 3.13. The van der Waals surface area contributed by atoms with Crippen LogP contribution in [0.25, 0.3) is 0 Å². The first-order valence-electron chi connectivity index (χ1n) is 6.36. The van der Waals surface area contributed by atoms with E-state index in [0.29, 0.717) is 6.54 Å². The molecule has 2 atom stereocenters. The summed E-state index contributed by atoms with van der Waals surface area (Å²) >= 11 is 0. The van der Waals surface area contributed by atoms with E-state index in [2.05, 4.69) is 0 Å². The molecule has 0 aliphatic carbocycles. The van der Waals surface area contributed by atoms with Crippen molar-refractivity contribution in [2.75, 3.05) is 13.1 Å². The quantitative estimate of drug-likeness (QED) is 0.779. The summed E-state index contributed by atoms with van der Waals surface area (Å²) in [6, 6.07) is -1.19. The molecule has 0 unspecified atom stereocenters. The molecule has 6 nitrogen and oxygen atoms in total. The second-order valence-electron chi connectivity index (χ2n) is 4.97. The maximum atomic E-state index is 12.3. The highest BCUT2D eigenvalue weighted by molar-refractivity contribution is 5.83. The summed E-state index contributed by atoms with van der Waals surface area (Å²) in [5.74, 6) is -1.06. The maximum absolute atomic E-state index is 12.3. The van der Waals surface area contributed by atoms with Crippen molar-refractivity contribution >= 4 is 12.0 Å². The molecule has 2 amide bonds. The number of β-amino-alcohol motifs (C(OH)–C–C–N with tert-alkyl or cyclic N) is 1. The Kier molecular flexibility index (Phi) is 4.95. The van der Waals surface area contributed by atoms with E-state index in [4.69, 9.17) is 5.11 Å².